The molecule has 1 amide bonds. The predicted molar refractivity (Wildman–Crippen MR) is 107 cm³/mol. The van der Waals surface area contributed by atoms with E-state index in [1.807, 2.05) is 13.8 Å². The van der Waals surface area contributed by atoms with E-state index in [2.05, 4.69) is 31.2 Å². The first-order chi connectivity index (χ1) is 13.1. The molecule has 7 heteroatoms. The van der Waals surface area contributed by atoms with E-state index in [0.717, 1.165) is 69.9 Å². The minimum Gasteiger partial charge on any atom is -0.394 e. The Morgan fingerprint density at radius 3 is 2.81 bits per heavy atom. The second kappa shape index (κ2) is 9.35. The van der Waals surface area contributed by atoms with Crippen molar-refractivity contribution < 1.29 is 9.90 Å². The smallest absolute Gasteiger partial charge is 0.222 e. The molecule has 2 fully saturated rings. The first kappa shape index (κ1) is 19.9. The molecule has 2 aliphatic heterocycles. The summed E-state index contributed by atoms with van der Waals surface area (Å²) in [7, 11) is 0. The van der Waals surface area contributed by atoms with Gasteiger partial charge in [-0.15, -0.1) is 0 Å². The number of aromatic nitrogens is 2. The lowest BCUT2D eigenvalue weighted by Crippen LogP contribution is -2.43. The fraction of sp³-hybridized carbons (Fsp3) is 0.750. The highest BCUT2D eigenvalue weighted by atomic mass is 16.3. The number of carbonyl (C=O) groups is 1. The third kappa shape index (κ3) is 5.09. The van der Waals surface area contributed by atoms with E-state index in [-0.39, 0.29) is 24.5 Å². The van der Waals surface area contributed by atoms with Crippen LogP contribution in [0.1, 0.15) is 46.0 Å². The zero-order valence-electron chi connectivity index (χ0n) is 16.6. The second-order valence-electron chi connectivity index (χ2n) is 8.11. The van der Waals surface area contributed by atoms with Crippen LogP contribution in [0.2, 0.25) is 0 Å². The van der Waals surface area contributed by atoms with Gasteiger partial charge in [0.15, 0.2) is 0 Å². The summed E-state index contributed by atoms with van der Waals surface area (Å²) in [6.45, 7) is 7.56. The van der Waals surface area contributed by atoms with Crippen molar-refractivity contribution in [1.82, 2.24) is 15.3 Å². The quantitative estimate of drug-likeness (QED) is 0.789. The first-order valence-electron chi connectivity index (χ1n) is 10.3. The summed E-state index contributed by atoms with van der Waals surface area (Å²) in [6, 6.07) is 2.21. The van der Waals surface area contributed by atoms with Crippen molar-refractivity contribution in [2.75, 3.05) is 42.6 Å². The van der Waals surface area contributed by atoms with Gasteiger partial charge >= 0.3 is 0 Å². The van der Waals surface area contributed by atoms with Gasteiger partial charge in [0.2, 0.25) is 5.91 Å². The number of aliphatic hydroxyl groups excluding tert-OH is 1. The number of aliphatic hydroxyl groups is 1. The highest BCUT2D eigenvalue weighted by molar-refractivity contribution is 5.77. The van der Waals surface area contributed by atoms with Gasteiger partial charge in [0.05, 0.1) is 12.6 Å². The van der Waals surface area contributed by atoms with E-state index >= 15 is 0 Å². The minimum atomic E-state index is 0.0260. The maximum atomic E-state index is 11.8. The molecule has 2 aliphatic rings. The maximum absolute atomic E-state index is 11.8. The molecule has 0 spiro atoms. The van der Waals surface area contributed by atoms with Crippen LogP contribution in [0.4, 0.5) is 11.6 Å². The molecule has 1 aromatic rings. The van der Waals surface area contributed by atoms with Gasteiger partial charge < -0.3 is 20.2 Å². The summed E-state index contributed by atoms with van der Waals surface area (Å²) in [4.78, 5) is 25.3. The predicted octanol–water partition coefficient (Wildman–Crippen LogP) is 1.82. The fourth-order valence-corrected chi connectivity index (χ4v) is 4.05. The standard InChI is InChI=1S/C20H33N5O2/c1-15(2)20(27)21-11-16-6-5-8-24(12-16)18-10-19(23-14-22-18)25-9-4-3-7-17(25)13-26/h10,14-17,26H,3-9,11-13H2,1-2H3,(H,21,27). The number of nitrogens with one attached hydrogen (secondary N) is 1. The molecule has 2 unspecified atom stereocenters. The van der Waals surface area contributed by atoms with Crippen molar-refractivity contribution in [3.8, 4) is 0 Å². The molecule has 0 aliphatic carbocycles. The molecule has 0 bridgehead atoms. The van der Waals surface area contributed by atoms with Crippen molar-refractivity contribution in [1.29, 1.82) is 0 Å². The zero-order chi connectivity index (χ0) is 19.2. The van der Waals surface area contributed by atoms with Gasteiger partial charge in [-0.1, -0.05) is 13.8 Å². The van der Waals surface area contributed by atoms with E-state index < -0.39 is 0 Å². The Kier molecular flexibility index (Phi) is 6.88. The zero-order valence-corrected chi connectivity index (χ0v) is 16.6. The summed E-state index contributed by atoms with van der Waals surface area (Å²) in [5, 5.41) is 12.8. The van der Waals surface area contributed by atoms with Crippen molar-refractivity contribution in [3.63, 3.8) is 0 Å². The van der Waals surface area contributed by atoms with Gasteiger partial charge in [-0.05, 0) is 38.0 Å². The molecule has 0 saturated carbocycles. The van der Waals surface area contributed by atoms with Crippen LogP contribution >= 0.6 is 0 Å². The Hall–Kier alpha value is -1.89. The molecule has 27 heavy (non-hydrogen) atoms. The van der Waals surface area contributed by atoms with Crippen LogP contribution in [-0.2, 0) is 4.79 Å². The third-order valence-corrected chi connectivity index (χ3v) is 5.70. The molecular formula is C20H33N5O2. The monoisotopic (exact) mass is 375 g/mol. The van der Waals surface area contributed by atoms with E-state index in [0.29, 0.717) is 5.92 Å². The van der Waals surface area contributed by atoms with Crippen LogP contribution in [0.25, 0.3) is 0 Å². The lowest BCUT2D eigenvalue weighted by atomic mass is 9.97. The summed E-state index contributed by atoms with van der Waals surface area (Å²) >= 11 is 0. The van der Waals surface area contributed by atoms with Crippen molar-refractivity contribution in [3.05, 3.63) is 12.4 Å². The Morgan fingerprint density at radius 2 is 2.04 bits per heavy atom. The molecule has 3 rings (SSSR count). The summed E-state index contributed by atoms with van der Waals surface area (Å²) < 4.78 is 0. The SMILES string of the molecule is CC(C)C(=O)NCC1CCCN(c2cc(N3CCCCC3CO)ncn2)C1. The molecular weight excluding hydrogens is 342 g/mol. The Labute approximate surface area is 162 Å². The van der Waals surface area contributed by atoms with Gasteiger partial charge in [-0.2, -0.15) is 0 Å². The number of amides is 1. The number of hydrogen-bond donors (Lipinski definition) is 2. The van der Waals surface area contributed by atoms with Crippen LogP contribution in [-0.4, -0.2) is 59.8 Å². The van der Waals surface area contributed by atoms with Crippen LogP contribution in [0.3, 0.4) is 0 Å². The molecule has 7 nitrogen and oxygen atoms in total. The number of rotatable bonds is 6. The van der Waals surface area contributed by atoms with Crippen LogP contribution in [0.5, 0.6) is 0 Å². The Balaban J connectivity index is 1.64. The molecule has 1 aromatic heterocycles. The average Bonchev–Trinajstić information content (AvgIpc) is 2.72. The first-order valence-corrected chi connectivity index (χ1v) is 10.3. The molecule has 2 atom stereocenters. The van der Waals surface area contributed by atoms with Crippen LogP contribution in [0.15, 0.2) is 12.4 Å². The molecule has 3 heterocycles. The minimum absolute atomic E-state index is 0.0260. The van der Waals surface area contributed by atoms with E-state index in [9.17, 15) is 9.90 Å². The third-order valence-electron chi connectivity index (χ3n) is 5.70. The van der Waals surface area contributed by atoms with E-state index in [1.165, 1.54) is 0 Å². The molecule has 2 saturated heterocycles. The lowest BCUT2D eigenvalue weighted by Gasteiger charge is -2.37. The molecule has 150 valence electrons. The molecule has 0 radical (unpaired) electrons. The number of hydrogen-bond acceptors (Lipinski definition) is 6. The molecule has 0 aromatic carbocycles. The number of nitrogens with zero attached hydrogens (tertiary/aromatic N) is 4. The van der Waals surface area contributed by atoms with E-state index in [4.69, 9.17) is 0 Å². The normalized spacial score (nSPS) is 23.6. The maximum Gasteiger partial charge on any atom is 0.222 e. The highest BCUT2D eigenvalue weighted by Gasteiger charge is 2.25. The average molecular weight is 376 g/mol. The molecule has 2 N–H and O–H groups in total. The second-order valence-corrected chi connectivity index (χ2v) is 8.11. The van der Waals surface area contributed by atoms with Crippen LogP contribution in [0, 0.1) is 11.8 Å². The van der Waals surface area contributed by atoms with Crippen molar-refractivity contribution in [2.24, 2.45) is 11.8 Å². The van der Waals surface area contributed by atoms with Crippen molar-refractivity contribution in [2.45, 2.75) is 52.0 Å². The van der Waals surface area contributed by atoms with Gasteiger partial charge in [0, 0.05) is 38.2 Å². The topological polar surface area (TPSA) is 81.6 Å². The van der Waals surface area contributed by atoms with Crippen molar-refractivity contribution >= 4 is 17.5 Å². The lowest BCUT2D eigenvalue weighted by molar-refractivity contribution is -0.124. The van der Waals surface area contributed by atoms with Gasteiger partial charge in [0.25, 0.3) is 0 Å². The Morgan fingerprint density at radius 1 is 1.22 bits per heavy atom. The van der Waals surface area contributed by atoms with Gasteiger partial charge in [-0.25, -0.2) is 9.97 Å². The van der Waals surface area contributed by atoms with Crippen LogP contribution < -0.4 is 15.1 Å². The number of piperidine rings is 2. The van der Waals surface area contributed by atoms with Gasteiger partial charge in [-0.3, -0.25) is 4.79 Å². The van der Waals surface area contributed by atoms with Gasteiger partial charge in [0.1, 0.15) is 18.0 Å². The Bertz CT molecular complexity index is 624. The number of anilines is 2. The highest BCUT2D eigenvalue weighted by Crippen LogP contribution is 2.27. The summed E-state index contributed by atoms with van der Waals surface area (Å²) in [5.41, 5.74) is 0. The fourth-order valence-electron chi connectivity index (χ4n) is 4.05. The summed E-state index contributed by atoms with van der Waals surface area (Å²) in [6.07, 6.45) is 7.18. The largest absolute Gasteiger partial charge is 0.394 e. The summed E-state index contributed by atoms with van der Waals surface area (Å²) in [5.74, 6) is 2.45. The number of carbonyl (C=O) groups excluding carboxylic acids is 1. The van der Waals surface area contributed by atoms with E-state index in [1.54, 1.807) is 6.33 Å².